The van der Waals surface area contributed by atoms with Gasteiger partial charge in [0, 0.05) is 18.0 Å². The van der Waals surface area contributed by atoms with Gasteiger partial charge in [0.15, 0.2) is 0 Å². The number of hydrogen-bond donors (Lipinski definition) is 1. The lowest BCUT2D eigenvalue weighted by Crippen LogP contribution is -1.91. The first-order chi connectivity index (χ1) is 6.81. The Morgan fingerprint density at radius 3 is 2.50 bits per heavy atom. The fourth-order valence-electron chi connectivity index (χ4n) is 1.20. The van der Waals surface area contributed by atoms with Crippen LogP contribution in [-0.2, 0) is 6.42 Å². The molecule has 0 aliphatic heterocycles. The molecule has 74 valence electrons. The topological polar surface area (TPSA) is 38.4 Å². The molecule has 0 aliphatic carbocycles. The van der Waals surface area contributed by atoms with Crippen LogP contribution >= 0.6 is 22.9 Å². The van der Waals surface area contributed by atoms with E-state index in [9.17, 15) is 0 Å². The highest BCUT2D eigenvalue weighted by molar-refractivity contribution is 14.1. The van der Waals surface area contributed by atoms with Crippen LogP contribution in [-0.4, -0.2) is 6.21 Å². The molecule has 1 rings (SSSR count). The van der Waals surface area contributed by atoms with Gasteiger partial charge in [0.25, 0.3) is 0 Å². The third-order valence-corrected chi connectivity index (χ3v) is 2.34. The lowest BCUT2D eigenvalue weighted by molar-refractivity contribution is 1.14. The minimum absolute atomic E-state index is 0.946. The number of nitrogens with zero attached hydrogens (tertiary/aromatic N) is 1. The SMILES string of the molecule is CCc1ccc(C(C=NI)=CN)cc1. The lowest BCUT2D eigenvalue weighted by atomic mass is 10.0. The number of halogens is 1. The van der Waals surface area contributed by atoms with E-state index >= 15 is 0 Å². The molecule has 14 heavy (non-hydrogen) atoms. The summed E-state index contributed by atoms with van der Waals surface area (Å²) in [5, 5.41) is 0. The predicted octanol–water partition coefficient (Wildman–Crippen LogP) is 2.97. The lowest BCUT2D eigenvalue weighted by Gasteiger charge is -2.02. The van der Waals surface area contributed by atoms with Crippen molar-refractivity contribution in [2.45, 2.75) is 13.3 Å². The van der Waals surface area contributed by atoms with Crippen molar-refractivity contribution in [1.82, 2.24) is 0 Å². The van der Waals surface area contributed by atoms with Crippen LogP contribution in [0.1, 0.15) is 18.1 Å². The van der Waals surface area contributed by atoms with Gasteiger partial charge in [-0.15, -0.1) is 0 Å². The van der Waals surface area contributed by atoms with Crippen LogP contribution in [0.3, 0.4) is 0 Å². The Hall–Kier alpha value is -0.840. The summed E-state index contributed by atoms with van der Waals surface area (Å²) in [5.41, 5.74) is 8.88. The van der Waals surface area contributed by atoms with Crippen LogP contribution in [0.4, 0.5) is 0 Å². The molecule has 1 aromatic carbocycles. The van der Waals surface area contributed by atoms with E-state index in [0.717, 1.165) is 17.6 Å². The molecular formula is C11H13IN2. The minimum Gasteiger partial charge on any atom is -0.404 e. The van der Waals surface area contributed by atoms with Gasteiger partial charge >= 0.3 is 0 Å². The van der Waals surface area contributed by atoms with Crippen molar-refractivity contribution in [2.24, 2.45) is 8.94 Å². The summed E-state index contributed by atoms with van der Waals surface area (Å²) < 4.78 is 3.92. The fourth-order valence-corrected chi connectivity index (χ4v) is 1.50. The zero-order valence-corrected chi connectivity index (χ0v) is 10.2. The van der Waals surface area contributed by atoms with Crippen molar-refractivity contribution in [2.75, 3.05) is 0 Å². The molecule has 0 unspecified atom stereocenters. The fraction of sp³-hybridized carbons (Fsp3) is 0.182. The molecule has 0 atom stereocenters. The van der Waals surface area contributed by atoms with Crippen LogP contribution in [0.2, 0.25) is 0 Å². The Balaban J connectivity index is 2.96. The second kappa shape index (κ2) is 5.80. The molecule has 0 bridgehead atoms. The van der Waals surface area contributed by atoms with Gasteiger partial charge in [-0.05, 0) is 17.5 Å². The highest BCUT2D eigenvalue weighted by atomic mass is 127. The van der Waals surface area contributed by atoms with Crippen LogP contribution in [0, 0.1) is 0 Å². The Labute approximate surface area is 98.4 Å². The second-order valence-electron chi connectivity index (χ2n) is 2.90. The van der Waals surface area contributed by atoms with E-state index in [1.165, 1.54) is 5.56 Å². The van der Waals surface area contributed by atoms with Crippen molar-refractivity contribution in [3.63, 3.8) is 0 Å². The van der Waals surface area contributed by atoms with Crippen molar-refractivity contribution in [3.05, 3.63) is 41.6 Å². The third kappa shape index (κ3) is 2.83. The molecule has 0 heterocycles. The maximum Gasteiger partial charge on any atom is 0.0831 e. The van der Waals surface area contributed by atoms with E-state index in [0.29, 0.717) is 0 Å². The molecule has 0 saturated carbocycles. The van der Waals surface area contributed by atoms with Gasteiger partial charge in [0.05, 0.1) is 22.9 Å². The van der Waals surface area contributed by atoms with Gasteiger partial charge in [0.1, 0.15) is 0 Å². The van der Waals surface area contributed by atoms with Crippen molar-refractivity contribution in [3.8, 4) is 0 Å². The van der Waals surface area contributed by atoms with Crippen LogP contribution < -0.4 is 5.73 Å². The number of nitrogens with two attached hydrogens (primary N) is 1. The zero-order chi connectivity index (χ0) is 10.4. The van der Waals surface area contributed by atoms with Crippen LogP contribution in [0.5, 0.6) is 0 Å². The first kappa shape index (κ1) is 11.2. The predicted molar refractivity (Wildman–Crippen MR) is 70.5 cm³/mol. The van der Waals surface area contributed by atoms with Gasteiger partial charge in [-0.2, -0.15) is 0 Å². The Kier molecular flexibility index (Phi) is 4.65. The molecule has 2 nitrogen and oxygen atoms in total. The first-order valence-electron chi connectivity index (χ1n) is 4.47. The Morgan fingerprint density at radius 2 is 2.07 bits per heavy atom. The molecule has 0 aromatic heterocycles. The molecule has 0 amide bonds. The van der Waals surface area contributed by atoms with Crippen LogP contribution in [0.15, 0.2) is 33.7 Å². The molecule has 0 aliphatic rings. The molecule has 0 saturated heterocycles. The summed E-state index contributed by atoms with van der Waals surface area (Å²) in [6, 6.07) is 8.35. The molecule has 0 radical (unpaired) electrons. The number of aryl methyl sites for hydroxylation is 1. The molecule has 0 spiro atoms. The van der Waals surface area contributed by atoms with Gasteiger partial charge in [-0.25, -0.2) is 3.21 Å². The average molecular weight is 300 g/mol. The van der Waals surface area contributed by atoms with Crippen molar-refractivity contribution in [1.29, 1.82) is 0 Å². The number of rotatable bonds is 3. The van der Waals surface area contributed by atoms with E-state index in [2.05, 4.69) is 34.4 Å². The van der Waals surface area contributed by atoms with Crippen molar-refractivity contribution >= 4 is 34.7 Å². The summed E-state index contributed by atoms with van der Waals surface area (Å²) in [6.45, 7) is 2.14. The van der Waals surface area contributed by atoms with Gasteiger partial charge < -0.3 is 5.73 Å². The van der Waals surface area contributed by atoms with E-state index in [4.69, 9.17) is 5.73 Å². The minimum atomic E-state index is 0.946. The maximum absolute atomic E-state index is 5.50. The smallest absolute Gasteiger partial charge is 0.0831 e. The van der Waals surface area contributed by atoms with E-state index in [1.807, 2.05) is 22.9 Å². The molecule has 3 heteroatoms. The van der Waals surface area contributed by atoms with Gasteiger partial charge in [-0.1, -0.05) is 31.2 Å². The summed E-state index contributed by atoms with van der Waals surface area (Å²) in [7, 11) is 0. The number of hydrogen-bond acceptors (Lipinski definition) is 2. The van der Waals surface area contributed by atoms with Crippen LogP contribution in [0.25, 0.3) is 5.57 Å². The summed E-state index contributed by atoms with van der Waals surface area (Å²) in [5.74, 6) is 0. The second-order valence-corrected chi connectivity index (χ2v) is 3.46. The highest BCUT2D eigenvalue weighted by Gasteiger charge is 1.97. The zero-order valence-electron chi connectivity index (χ0n) is 8.07. The quantitative estimate of drug-likeness (QED) is 0.676. The molecule has 2 N–H and O–H groups in total. The Morgan fingerprint density at radius 1 is 1.43 bits per heavy atom. The highest BCUT2D eigenvalue weighted by Crippen LogP contribution is 2.13. The molecule has 0 fully saturated rings. The van der Waals surface area contributed by atoms with E-state index in [-0.39, 0.29) is 0 Å². The van der Waals surface area contributed by atoms with Crippen molar-refractivity contribution < 1.29 is 0 Å². The number of allylic oxidation sites excluding steroid dienone is 1. The Bertz CT molecular complexity index is 339. The molecular weight excluding hydrogens is 287 g/mol. The summed E-state index contributed by atoms with van der Waals surface area (Å²) >= 11 is 1.94. The largest absolute Gasteiger partial charge is 0.404 e. The average Bonchev–Trinajstić information content (AvgIpc) is 2.26. The summed E-state index contributed by atoms with van der Waals surface area (Å²) in [6.07, 6.45) is 4.38. The van der Waals surface area contributed by atoms with E-state index < -0.39 is 0 Å². The summed E-state index contributed by atoms with van der Waals surface area (Å²) in [4.78, 5) is 0. The van der Waals surface area contributed by atoms with E-state index in [1.54, 1.807) is 12.4 Å². The third-order valence-electron chi connectivity index (χ3n) is 2.06. The monoisotopic (exact) mass is 300 g/mol. The maximum atomic E-state index is 5.50. The van der Waals surface area contributed by atoms with Gasteiger partial charge in [0.2, 0.25) is 0 Å². The first-order valence-corrected chi connectivity index (χ1v) is 5.43. The number of benzene rings is 1. The normalized spacial score (nSPS) is 12.3. The van der Waals surface area contributed by atoms with Gasteiger partial charge in [-0.3, -0.25) is 0 Å². The standard InChI is InChI=1S/C11H13IN2/c1-2-9-3-5-10(6-4-9)11(7-13)8-14-12/h3-8H,2,13H2,1H3. The molecule has 1 aromatic rings.